The number of hydrogen-bond donors (Lipinski definition) is 1. The minimum atomic E-state index is 0. The molecule has 3 N–H and O–H groups in total. The standard InChI is InChI=1S/C7H7.C4H9.ClH.Mg.H3N/c1-7-5-3-2-4-6-7;1-3-4-2;;;/h2-6H,1H2;3H,4H2,1-2H3;1H;;1H3. The molecule has 1 unspecified atom stereocenters. The first-order valence-electron chi connectivity index (χ1n) is 4.87. The first-order valence-corrected chi connectivity index (χ1v) is 6.68. The van der Waals surface area contributed by atoms with Crippen molar-refractivity contribution >= 4 is 32.8 Å². The second kappa shape index (κ2) is 9.78. The van der Waals surface area contributed by atoms with Gasteiger partial charge in [-0.25, -0.2) is 0 Å². The Morgan fingerprint density at radius 1 is 1.21 bits per heavy atom. The van der Waals surface area contributed by atoms with Gasteiger partial charge in [0.05, 0.1) is 0 Å². The van der Waals surface area contributed by atoms with E-state index < -0.39 is 0 Å². The van der Waals surface area contributed by atoms with E-state index in [2.05, 4.69) is 44.2 Å². The topological polar surface area (TPSA) is 35.0 Å². The smallest absolute Gasteiger partial charge is 0.344 e. The molecule has 0 saturated heterocycles. The molecule has 0 aromatic heterocycles. The largest absolute Gasteiger partial charge is 0.374 e. The lowest BCUT2D eigenvalue weighted by Crippen LogP contribution is -2.02. The van der Waals surface area contributed by atoms with Crippen LogP contribution in [0.3, 0.4) is 0 Å². The molecular weight excluding hydrogens is 206 g/mol. The second-order valence-corrected chi connectivity index (χ2v) is 6.01. The molecule has 0 saturated carbocycles. The lowest BCUT2D eigenvalue weighted by atomic mass is 10.2. The molecule has 0 radical (unpaired) electrons. The van der Waals surface area contributed by atoms with E-state index in [0.29, 0.717) is 0 Å². The quantitative estimate of drug-likeness (QED) is 0.780. The second-order valence-electron chi connectivity index (χ2n) is 3.54. The zero-order valence-electron chi connectivity index (χ0n) is 9.20. The number of halogens is 1. The van der Waals surface area contributed by atoms with E-state index in [-0.39, 0.29) is 38.9 Å². The molecule has 0 fully saturated rings. The molecule has 0 aliphatic heterocycles. The van der Waals surface area contributed by atoms with Gasteiger partial charge in [-0.2, -0.15) is 0 Å². The highest BCUT2D eigenvalue weighted by atomic mass is 35.5. The van der Waals surface area contributed by atoms with Crippen LogP contribution in [0.2, 0.25) is 4.05 Å². The van der Waals surface area contributed by atoms with Crippen molar-refractivity contribution in [2.75, 3.05) is 0 Å². The van der Waals surface area contributed by atoms with E-state index in [4.69, 9.17) is 0 Å². The van der Waals surface area contributed by atoms with Gasteiger partial charge < -0.3 is 6.15 Å². The third kappa shape index (κ3) is 6.65. The Balaban J connectivity index is 0. The Kier molecular flexibility index (Phi) is 11.6. The van der Waals surface area contributed by atoms with Crippen LogP contribution >= 0.6 is 12.4 Å². The van der Waals surface area contributed by atoms with Crippen LogP contribution in [0.25, 0.3) is 0 Å². The highest BCUT2D eigenvalue weighted by molar-refractivity contribution is 6.36. The summed E-state index contributed by atoms with van der Waals surface area (Å²) in [6.07, 6.45) is 1.36. The van der Waals surface area contributed by atoms with E-state index in [1.807, 2.05) is 0 Å². The van der Waals surface area contributed by atoms with Gasteiger partial charge in [-0.15, -0.1) is 21.0 Å². The van der Waals surface area contributed by atoms with E-state index in [9.17, 15) is 0 Å². The molecule has 0 heterocycles. The summed E-state index contributed by atoms with van der Waals surface area (Å²) in [5.41, 5.74) is 1.53. The molecule has 1 aromatic carbocycles. The van der Waals surface area contributed by atoms with Crippen molar-refractivity contribution < 1.29 is 0 Å². The minimum absolute atomic E-state index is 0. The van der Waals surface area contributed by atoms with Crippen LogP contribution in [0.4, 0.5) is 0 Å². The summed E-state index contributed by atoms with van der Waals surface area (Å²) in [6.45, 7) is 4.68. The van der Waals surface area contributed by atoms with Gasteiger partial charge >= 0.3 is 20.4 Å². The highest BCUT2D eigenvalue weighted by Crippen LogP contribution is 2.09. The van der Waals surface area contributed by atoms with Gasteiger partial charge in [-0.05, 0) is 0 Å². The van der Waals surface area contributed by atoms with Gasteiger partial charge in [0.15, 0.2) is 0 Å². The third-order valence-corrected chi connectivity index (χ3v) is 4.89. The van der Waals surface area contributed by atoms with Gasteiger partial charge in [0.25, 0.3) is 0 Å². The third-order valence-electron chi connectivity index (χ3n) is 2.47. The van der Waals surface area contributed by atoms with Crippen LogP contribution in [-0.4, -0.2) is 20.4 Å². The molecular formula is C11H20ClMgN. The average Bonchev–Trinajstić information content (AvgIpc) is 2.16. The predicted molar refractivity (Wildman–Crippen MR) is 67.9 cm³/mol. The Morgan fingerprint density at radius 2 is 1.79 bits per heavy atom. The molecule has 0 amide bonds. The average molecular weight is 226 g/mol. The first kappa shape index (κ1) is 16.7. The van der Waals surface area contributed by atoms with Crippen LogP contribution in [0.5, 0.6) is 0 Å². The van der Waals surface area contributed by atoms with Gasteiger partial charge in [0.2, 0.25) is 0 Å². The summed E-state index contributed by atoms with van der Waals surface area (Å²) in [4.78, 5) is 0. The molecule has 1 rings (SSSR count). The summed E-state index contributed by atoms with van der Waals surface area (Å²) < 4.78 is 2.38. The van der Waals surface area contributed by atoms with Gasteiger partial charge in [-0.1, -0.05) is 56.2 Å². The molecule has 14 heavy (non-hydrogen) atoms. The Bertz CT molecular complexity index is 216. The summed E-state index contributed by atoms with van der Waals surface area (Å²) in [7, 11) is 0. The van der Waals surface area contributed by atoms with Gasteiger partial charge in [-0.3, -0.25) is 0 Å². The normalized spacial score (nSPS) is 10.4. The molecule has 0 aliphatic carbocycles. The molecule has 0 bridgehead atoms. The van der Waals surface area contributed by atoms with Crippen molar-refractivity contribution in [1.29, 1.82) is 0 Å². The molecule has 78 valence electrons. The molecule has 3 heteroatoms. The number of benzene rings is 1. The summed E-state index contributed by atoms with van der Waals surface area (Å²) >= 11 is 0.137. The SMILES string of the molecule is CC[CH](C)[Mg][CH2]c1ccccc1.Cl.N. The summed E-state index contributed by atoms with van der Waals surface area (Å²) in [5.74, 6) is 0. The zero-order valence-corrected chi connectivity index (χ0v) is 11.4. The van der Waals surface area contributed by atoms with Crippen LogP contribution < -0.4 is 6.15 Å². The zero-order chi connectivity index (χ0) is 8.81. The molecule has 1 atom stereocenters. The Morgan fingerprint density at radius 3 is 2.29 bits per heavy atom. The van der Waals surface area contributed by atoms with Crippen LogP contribution in [0.15, 0.2) is 30.3 Å². The van der Waals surface area contributed by atoms with E-state index in [1.54, 1.807) is 0 Å². The molecule has 1 nitrogen and oxygen atoms in total. The predicted octanol–water partition coefficient (Wildman–Crippen LogP) is 3.69. The molecule has 0 spiro atoms. The summed E-state index contributed by atoms with van der Waals surface area (Å²) in [5, 5.41) is 0. The maximum Gasteiger partial charge on any atom is 0.374 e. The van der Waals surface area contributed by atoms with E-state index >= 15 is 0 Å². The van der Waals surface area contributed by atoms with Crippen LogP contribution in [0, 0.1) is 0 Å². The Labute approximate surface area is 103 Å². The summed E-state index contributed by atoms with van der Waals surface area (Å²) in [6, 6.07) is 10.9. The first-order chi connectivity index (χ1) is 5.83. The fourth-order valence-corrected chi connectivity index (χ4v) is 2.83. The van der Waals surface area contributed by atoms with Crippen LogP contribution in [0.1, 0.15) is 25.8 Å². The van der Waals surface area contributed by atoms with Crippen LogP contribution in [-0.2, 0) is 4.55 Å². The minimum Gasteiger partial charge on any atom is -0.344 e. The lowest BCUT2D eigenvalue weighted by molar-refractivity contribution is 0.864. The van der Waals surface area contributed by atoms with Crippen molar-refractivity contribution in [1.82, 2.24) is 6.15 Å². The van der Waals surface area contributed by atoms with Gasteiger partial charge in [0.1, 0.15) is 0 Å². The highest BCUT2D eigenvalue weighted by Gasteiger charge is 2.03. The fraction of sp³-hybridized carbons (Fsp3) is 0.455. The Hall–Kier alpha value is 0.236. The van der Waals surface area contributed by atoms with Crippen molar-refractivity contribution in [3.8, 4) is 0 Å². The number of hydrogen-bond acceptors (Lipinski definition) is 1. The number of rotatable bonds is 4. The monoisotopic (exact) mass is 225 g/mol. The molecule has 1 aromatic rings. The van der Waals surface area contributed by atoms with Gasteiger partial charge in [0, 0.05) is 0 Å². The van der Waals surface area contributed by atoms with E-state index in [0.717, 1.165) is 4.05 Å². The van der Waals surface area contributed by atoms with E-state index in [1.165, 1.54) is 16.5 Å². The maximum atomic E-state index is 2.38. The van der Waals surface area contributed by atoms with Crippen molar-refractivity contribution in [2.45, 2.75) is 28.9 Å². The van der Waals surface area contributed by atoms with Crippen molar-refractivity contribution in [3.05, 3.63) is 35.9 Å². The maximum absolute atomic E-state index is 2.38. The molecule has 0 aliphatic rings. The van der Waals surface area contributed by atoms with Crippen molar-refractivity contribution in [2.24, 2.45) is 0 Å². The lowest BCUT2D eigenvalue weighted by Gasteiger charge is -2.04. The fourth-order valence-electron chi connectivity index (χ4n) is 1.26. The van der Waals surface area contributed by atoms with Crippen molar-refractivity contribution in [3.63, 3.8) is 0 Å².